The summed E-state index contributed by atoms with van der Waals surface area (Å²) < 4.78 is 5.60. The van der Waals surface area contributed by atoms with Crippen molar-refractivity contribution in [3.8, 4) is 5.75 Å². The molecular weight excluding hydrogens is 310 g/mol. The number of benzene rings is 1. The van der Waals surface area contributed by atoms with Gasteiger partial charge in [-0.15, -0.1) is 12.4 Å². The normalized spacial score (nSPS) is 20.4. The molecule has 1 unspecified atom stereocenters. The van der Waals surface area contributed by atoms with Crippen LogP contribution in [0.4, 0.5) is 0 Å². The number of ether oxygens (including phenoxy) is 1. The van der Waals surface area contributed by atoms with Crippen LogP contribution < -0.4 is 10.1 Å². The maximum Gasteiger partial charge on any atom is 0.122 e. The van der Waals surface area contributed by atoms with Gasteiger partial charge < -0.3 is 10.1 Å². The van der Waals surface area contributed by atoms with Crippen molar-refractivity contribution in [1.82, 2.24) is 15.2 Å². The predicted molar refractivity (Wildman–Crippen MR) is 93.1 cm³/mol. The van der Waals surface area contributed by atoms with Crippen molar-refractivity contribution < 1.29 is 4.74 Å². The van der Waals surface area contributed by atoms with E-state index in [0.717, 1.165) is 45.0 Å². The number of nitrogens with one attached hydrogen (secondary N) is 1. The van der Waals surface area contributed by atoms with E-state index in [1.54, 1.807) is 0 Å². The fourth-order valence-electron chi connectivity index (χ4n) is 3.41. The molecule has 0 aliphatic carbocycles. The number of hydrogen-bond acceptors (Lipinski definition) is 4. The van der Waals surface area contributed by atoms with Gasteiger partial charge in [-0.2, -0.15) is 0 Å². The van der Waals surface area contributed by atoms with E-state index in [2.05, 4.69) is 39.5 Å². The van der Waals surface area contributed by atoms with E-state index in [4.69, 9.17) is 4.74 Å². The average molecular weight is 332 g/mol. The first-order chi connectivity index (χ1) is 10.9. The average Bonchev–Trinajstić information content (AvgIpc) is 3.04. The summed E-state index contributed by atoms with van der Waals surface area (Å²) in [5.41, 5.74) is 4.02. The van der Waals surface area contributed by atoms with Crippen LogP contribution in [0.2, 0.25) is 0 Å². The van der Waals surface area contributed by atoms with Gasteiger partial charge in [0.25, 0.3) is 0 Å². The van der Waals surface area contributed by atoms with E-state index < -0.39 is 0 Å². The highest BCUT2D eigenvalue weighted by Crippen LogP contribution is 2.28. The third-order valence-electron chi connectivity index (χ3n) is 4.56. The summed E-state index contributed by atoms with van der Waals surface area (Å²) in [5, 5.41) is 3.50. The highest BCUT2D eigenvalue weighted by atomic mass is 35.5. The van der Waals surface area contributed by atoms with E-state index in [1.807, 2.05) is 18.5 Å². The molecule has 4 nitrogen and oxygen atoms in total. The Balaban J connectivity index is 0.00000156. The first-order valence-electron chi connectivity index (χ1n) is 7.99. The van der Waals surface area contributed by atoms with Crippen LogP contribution in [0.1, 0.15) is 22.7 Å². The number of pyridine rings is 1. The van der Waals surface area contributed by atoms with Crippen LogP contribution in [0.15, 0.2) is 42.7 Å². The van der Waals surface area contributed by atoms with Crippen LogP contribution in [0, 0.1) is 0 Å². The van der Waals surface area contributed by atoms with E-state index in [0.29, 0.717) is 6.04 Å². The van der Waals surface area contributed by atoms with E-state index in [1.165, 1.54) is 16.7 Å². The molecule has 1 atom stereocenters. The van der Waals surface area contributed by atoms with Crippen molar-refractivity contribution in [1.29, 1.82) is 0 Å². The molecule has 5 heteroatoms. The quantitative estimate of drug-likeness (QED) is 0.938. The summed E-state index contributed by atoms with van der Waals surface area (Å²) in [6, 6.07) is 11.2. The van der Waals surface area contributed by atoms with Crippen molar-refractivity contribution >= 4 is 12.4 Å². The lowest BCUT2D eigenvalue weighted by Gasteiger charge is -2.36. The second kappa shape index (κ2) is 7.30. The van der Waals surface area contributed by atoms with Gasteiger partial charge in [0.1, 0.15) is 5.75 Å². The first-order valence-corrected chi connectivity index (χ1v) is 7.99. The number of piperazine rings is 1. The van der Waals surface area contributed by atoms with Gasteiger partial charge in [-0.05, 0) is 28.8 Å². The molecule has 23 heavy (non-hydrogen) atoms. The lowest BCUT2D eigenvalue weighted by molar-refractivity contribution is 0.153. The lowest BCUT2D eigenvalue weighted by Crippen LogP contribution is -2.45. The fraction of sp³-hybridized carbons (Fsp3) is 0.389. The van der Waals surface area contributed by atoms with E-state index in [9.17, 15) is 0 Å². The Morgan fingerprint density at radius 1 is 1.30 bits per heavy atom. The maximum atomic E-state index is 5.60. The van der Waals surface area contributed by atoms with Crippen molar-refractivity contribution in [2.75, 3.05) is 26.2 Å². The van der Waals surface area contributed by atoms with Gasteiger partial charge in [0.2, 0.25) is 0 Å². The summed E-state index contributed by atoms with van der Waals surface area (Å²) in [4.78, 5) is 6.82. The predicted octanol–water partition coefficient (Wildman–Crippen LogP) is 2.58. The fourth-order valence-corrected chi connectivity index (χ4v) is 3.41. The molecule has 3 heterocycles. The molecule has 122 valence electrons. The minimum atomic E-state index is 0. The van der Waals surface area contributed by atoms with Crippen LogP contribution in [0.3, 0.4) is 0 Å². The van der Waals surface area contributed by atoms with Gasteiger partial charge in [0.15, 0.2) is 0 Å². The van der Waals surface area contributed by atoms with Crippen LogP contribution in [0.5, 0.6) is 5.75 Å². The minimum absolute atomic E-state index is 0. The van der Waals surface area contributed by atoms with Crippen LogP contribution in [-0.2, 0) is 13.0 Å². The Kier molecular flexibility index (Phi) is 5.16. The van der Waals surface area contributed by atoms with Crippen LogP contribution in [-0.4, -0.2) is 36.1 Å². The molecule has 0 amide bonds. The Bertz CT molecular complexity index is 650. The summed E-state index contributed by atoms with van der Waals surface area (Å²) in [7, 11) is 0. The Morgan fingerprint density at radius 3 is 3.13 bits per heavy atom. The molecule has 0 bridgehead atoms. The molecule has 1 saturated heterocycles. The second-order valence-corrected chi connectivity index (χ2v) is 6.02. The molecule has 2 aliphatic rings. The van der Waals surface area contributed by atoms with Gasteiger partial charge in [0, 0.05) is 51.0 Å². The van der Waals surface area contributed by atoms with Gasteiger partial charge in [-0.25, -0.2) is 0 Å². The minimum Gasteiger partial charge on any atom is -0.493 e. The third-order valence-corrected chi connectivity index (χ3v) is 4.56. The SMILES string of the molecule is Cl.c1cncc(C2CNCCN2Cc2ccc3c(c2)CCO3)c1. The van der Waals surface area contributed by atoms with Crippen molar-refractivity contribution in [2.45, 2.75) is 19.0 Å². The zero-order valence-electron chi connectivity index (χ0n) is 13.1. The summed E-state index contributed by atoms with van der Waals surface area (Å²) in [5.74, 6) is 1.06. The maximum absolute atomic E-state index is 5.60. The topological polar surface area (TPSA) is 37.4 Å². The van der Waals surface area contributed by atoms with Crippen LogP contribution >= 0.6 is 12.4 Å². The molecule has 4 rings (SSSR count). The van der Waals surface area contributed by atoms with Gasteiger partial charge >= 0.3 is 0 Å². The molecular formula is C18H22ClN3O. The zero-order chi connectivity index (χ0) is 14.8. The monoisotopic (exact) mass is 331 g/mol. The smallest absolute Gasteiger partial charge is 0.122 e. The highest BCUT2D eigenvalue weighted by Gasteiger charge is 2.24. The molecule has 2 aliphatic heterocycles. The van der Waals surface area contributed by atoms with E-state index in [-0.39, 0.29) is 12.4 Å². The lowest BCUT2D eigenvalue weighted by atomic mass is 10.0. The molecule has 1 N–H and O–H groups in total. The standard InChI is InChI=1S/C18H21N3O.ClH/c1-2-16(11-19-6-1)17-12-20-7-8-21(17)13-14-3-4-18-15(10-14)5-9-22-18;/h1-4,6,10-11,17,20H,5,7-9,12-13H2;1H. The molecule has 0 spiro atoms. The van der Waals surface area contributed by atoms with Crippen molar-refractivity contribution in [2.24, 2.45) is 0 Å². The van der Waals surface area contributed by atoms with Crippen molar-refractivity contribution in [3.05, 3.63) is 59.4 Å². The van der Waals surface area contributed by atoms with Crippen LogP contribution in [0.25, 0.3) is 0 Å². The van der Waals surface area contributed by atoms with Gasteiger partial charge in [-0.3, -0.25) is 9.88 Å². The Morgan fingerprint density at radius 2 is 2.26 bits per heavy atom. The number of aromatic nitrogens is 1. The summed E-state index contributed by atoms with van der Waals surface area (Å²) >= 11 is 0. The number of hydrogen-bond donors (Lipinski definition) is 1. The summed E-state index contributed by atoms with van der Waals surface area (Å²) in [6.45, 7) is 4.90. The third kappa shape index (κ3) is 3.50. The number of fused-ring (bicyclic) bond motifs is 1. The highest BCUT2D eigenvalue weighted by molar-refractivity contribution is 5.85. The molecule has 1 aromatic carbocycles. The van der Waals surface area contributed by atoms with Crippen molar-refractivity contribution in [3.63, 3.8) is 0 Å². The van der Waals surface area contributed by atoms with Gasteiger partial charge in [0.05, 0.1) is 6.61 Å². The molecule has 0 saturated carbocycles. The zero-order valence-corrected chi connectivity index (χ0v) is 13.9. The second-order valence-electron chi connectivity index (χ2n) is 6.02. The number of nitrogens with zero attached hydrogens (tertiary/aromatic N) is 2. The Labute approximate surface area is 143 Å². The molecule has 1 aromatic heterocycles. The largest absolute Gasteiger partial charge is 0.493 e. The first kappa shape index (κ1) is 16.2. The van der Waals surface area contributed by atoms with Gasteiger partial charge in [-0.1, -0.05) is 18.2 Å². The molecule has 0 radical (unpaired) electrons. The molecule has 1 fully saturated rings. The van der Waals surface area contributed by atoms with E-state index >= 15 is 0 Å². The summed E-state index contributed by atoms with van der Waals surface area (Å²) in [6.07, 6.45) is 4.86. The number of rotatable bonds is 3. The molecule has 2 aromatic rings. The Hall–Kier alpha value is -1.62. The number of halogens is 1.